The minimum atomic E-state index is -0.967. The van der Waals surface area contributed by atoms with E-state index in [0.717, 1.165) is 11.3 Å². The number of nitrogens with zero attached hydrogens (tertiary/aromatic N) is 2. The topological polar surface area (TPSA) is 161 Å². The molecule has 0 saturated carbocycles. The molecule has 0 amide bonds. The maximum absolute atomic E-state index is 12.5. The number of ether oxygens (including phenoxy) is 1. The number of rotatable bonds is 6. The average Bonchev–Trinajstić information content (AvgIpc) is 3.12. The first-order chi connectivity index (χ1) is 12.3. The molecule has 5 N–H and O–H groups in total. The molecular formula is C14H18N4O6S2. The second kappa shape index (κ2) is 7.39. The molecule has 0 aromatic carbocycles. The van der Waals surface area contributed by atoms with Crippen LogP contribution in [0.4, 0.5) is 5.95 Å². The lowest BCUT2D eigenvalue weighted by molar-refractivity contribution is -0.137. The Kier molecular flexibility index (Phi) is 5.37. The second-order valence-electron chi connectivity index (χ2n) is 5.82. The Morgan fingerprint density at radius 1 is 1.50 bits per heavy atom. The van der Waals surface area contributed by atoms with Crippen molar-refractivity contribution in [3.8, 4) is 0 Å². The van der Waals surface area contributed by atoms with E-state index < -0.39 is 39.4 Å². The molecule has 2 aromatic heterocycles. The van der Waals surface area contributed by atoms with E-state index in [1.807, 2.05) is 0 Å². The van der Waals surface area contributed by atoms with Crippen molar-refractivity contribution in [1.29, 1.82) is 0 Å². The molecule has 1 aliphatic heterocycles. The Labute approximate surface area is 155 Å². The fourth-order valence-electron chi connectivity index (χ4n) is 2.74. The van der Waals surface area contributed by atoms with Crippen LogP contribution < -0.4 is 16.2 Å². The summed E-state index contributed by atoms with van der Waals surface area (Å²) in [6.45, 7) is 1.79. The van der Waals surface area contributed by atoms with Gasteiger partial charge < -0.3 is 20.7 Å². The number of fused-ring (bicyclic) bond motifs is 1. The maximum Gasteiger partial charge on any atom is 0.311 e. The Morgan fingerprint density at radius 3 is 2.88 bits per heavy atom. The van der Waals surface area contributed by atoms with Crippen LogP contribution in [0.25, 0.3) is 10.3 Å². The van der Waals surface area contributed by atoms with Gasteiger partial charge in [-0.25, -0.2) is 0 Å². The first-order valence-electron chi connectivity index (χ1n) is 7.93. The monoisotopic (exact) mass is 402 g/mol. The van der Waals surface area contributed by atoms with Gasteiger partial charge in [0.1, 0.15) is 10.1 Å². The number of thiazole rings is 1. The van der Waals surface area contributed by atoms with Crippen LogP contribution in [-0.2, 0) is 9.53 Å². The van der Waals surface area contributed by atoms with Crippen molar-refractivity contribution in [3.05, 3.63) is 20.0 Å². The lowest BCUT2D eigenvalue weighted by atomic mass is 10.2. The van der Waals surface area contributed by atoms with Gasteiger partial charge in [-0.1, -0.05) is 18.3 Å². The van der Waals surface area contributed by atoms with Gasteiger partial charge in [0.15, 0.2) is 11.9 Å². The first kappa shape index (κ1) is 18.9. The third kappa shape index (κ3) is 3.49. The third-order valence-electron chi connectivity index (χ3n) is 4.02. The summed E-state index contributed by atoms with van der Waals surface area (Å²) in [5.41, 5.74) is 4.56. The van der Waals surface area contributed by atoms with Gasteiger partial charge in [-0.15, -0.1) is 11.8 Å². The Bertz CT molecular complexity index is 938. The van der Waals surface area contributed by atoms with Crippen molar-refractivity contribution in [3.63, 3.8) is 0 Å². The molecule has 1 aliphatic rings. The minimum absolute atomic E-state index is 0.0961. The predicted octanol–water partition coefficient (Wildman–Crippen LogP) is 0.321. The zero-order chi connectivity index (χ0) is 19.0. The number of nitrogen functional groups attached to an aromatic ring is 1. The van der Waals surface area contributed by atoms with Gasteiger partial charge in [0.05, 0.1) is 11.4 Å². The smallest absolute Gasteiger partial charge is 0.311 e. The normalized spacial score (nSPS) is 24.2. The van der Waals surface area contributed by atoms with Gasteiger partial charge >= 0.3 is 10.8 Å². The van der Waals surface area contributed by atoms with Gasteiger partial charge in [-0.2, -0.15) is 4.98 Å². The number of carboxylic acid groups (broad SMARTS) is 1. The molecule has 12 heteroatoms. The van der Waals surface area contributed by atoms with E-state index in [1.54, 1.807) is 6.92 Å². The number of hydrogen-bond acceptors (Lipinski definition) is 9. The minimum Gasteiger partial charge on any atom is -0.481 e. The van der Waals surface area contributed by atoms with Crippen LogP contribution in [-0.4, -0.2) is 47.5 Å². The molecule has 26 heavy (non-hydrogen) atoms. The highest BCUT2D eigenvalue weighted by Gasteiger charge is 2.41. The first-order valence-corrected chi connectivity index (χ1v) is 9.69. The lowest BCUT2D eigenvalue weighted by Gasteiger charge is -2.19. The van der Waals surface area contributed by atoms with Crippen LogP contribution >= 0.6 is 23.1 Å². The van der Waals surface area contributed by atoms with Gasteiger partial charge in [0.25, 0.3) is 5.56 Å². The van der Waals surface area contributed by atoms with Gasteiger partial charge in [0.2, 0.25) is 5.95 Å². The number of anilines is 1. The molecule has 0 bridgehead atoms. The molecule has 0 radical (unpaired) electrons. The number of aliphatic carboxylic acids is 1. The summed E-state index contributed by atoms with van der Waals surface area (Å²) in [6.07, 6.45) is -1.04. The van der Waals surface area contributed by atoms with E-state index in [0.29, 0.717) is 6.42 Å². The Balaban J connectivity index is 2.05. The van der Waals surface area contributed by atoms with E-state index in [2.05, 4.69) is 9.97 Å². The van der Waals surface area contributed by atoms with Crippen LogP contribution in [0.3, 0.4) is 0 Å². The Hall–Kier alpha value is -1.89. The average molecular weight is 402 g/mol. The van der Waals surface area contributed by atoms with Crippen molar-refractivity contribution in [1.82, 2.24) is 14.5 Å². The summed E-state index contributed by atoms with van der Waals surface area (Å²) in [4.78, 5) is 41.4. The fourth-order valence-corrected chi connectivity index (χ4v) is 5.06. The van der Waals surface area contributed by atoms with Crippen LogP contribution in [0.2, 0.25) is 0 Å². The van der Waals surface area contributed by atoms with E-state index >= 15 is 0 Å². The summed E-state index contributed by atoms with van der Waals surface area (Å²) >= 11 is 2.00. The maximum atomic E-state index is 12.5. The molecule has 142 valence electrons. The quantitative estimate of drug-likeness (QED) is 0.533. The van der Waals surface area contributed by atoms with Crippen LogP contribution in [0.15, 0.2) is 9.59 Å². The highest BCUT2D eigenvalue weighted by Crippen LogP contribution is 2.43. The number of nitrogens with two attached hydrogens (primary N) is 1. The fraction of sp³-hybridized carbons (Fsp3) is 0.571. The largest absolute Gasteiger partial charge is 0.481 e. The number of aliphatic hydroxyl groups is 1. The zero-order valence-electron chi connectivity index (χ0n) is 13.7. The van der Waals surface area contributed by atoms with Crippen molar-refractivity contribution >= 4 is 45.4 Å². The summed E-state index contributed by atoms with van der Waals surface area (Å²) < 4.78 is 7.22. The lowest BCUT2D eigenvalue weighted by Crippen LogP contribution is -2.29. The van der Waals surface area contributed by atoms with E-state index in [9.17, 15) is 19.5 Å². The number of aromatic amines is 1. The zero-order valence-corrected chi connectivity index (χ0v) is 15.4. The van der Waals surface area contributed by atoms with Gasteiger partial charge in [-0.05, 0) is 12.8 Å². The van der Waals surface area contributed by atoms with Crippen molar-refractivity contribution in [2.45, 2.75) is 49.2 Å². The molecule has 2 aromatic rings. The van der Waals surface area contributed by atoms with Crippen molar-refractivity contribution in [2.24, 2.45) is 0 Å². The summed E-state index contributed by atoms with van der Waals surface area (Å²) in [6, 6.07) is 0. The number of aromatic nitrogens is 3. The second-order valence-corrected chi connectivity index (χ2v) is 8.12. The number of aliphatic hydroxyl groups excluding tert-OH is 1. The van der Waals surface area contributed by atoms with Crippen LogP contribution in [0.5, 0.6) is 0 Å². The number of carboxylic acids is 1. The molecule has 0 aliphatic carbocycles. The molecule has 10 nitrogen and oxygen atoms in total. The number of hydrogen-bond donors (Lipinski definition) is 4. The summed E-state index contributed by atoms with van der Waals surface area (Å²) in [7, 11) is 0. The Morgan fingerprint density at radius 2 is 2.23 bits per heavy atom. The molecule has 0 unspecified atom stereocenters. The van der Waals surface area contributed by atoms with E-state index in [1.165, 1.54) is 16.3 Å². The highest BCUT2D eigenvalue weighted by molar-refractivity contribution is 8.00. The number of carbonyl (C=O) groups is 1. The summed E-state index contributed by atoms with van der Waals surface area (Å²) in [5, 5.41) is 18.7. The molecule has 3 rings (SSSR count). The van der Waals surface area contributed by atoms with Gasteiger partial charge in [0, 0.05) is 6.42 Å². The molecule has 1 fully saturated rings. The molecule has 4 atom stereocenters. The van der Waals surface area contributed by atoms with E-state index in [-0.39, 0.29) is 29.1 Å². The highest BCUT2D eigenvalue weighted by atomic mass is 32.2. The summed E-state index contributed by atoms with van der Waals surface area (Å²) in [5.74, 6) is -1.10. The number of nitrogens with one attached hydrogen (secondary N) is 1. The molecular weight excluding hydrogens is 384 g/mol. The molecule has 0 spiro atoms. The van der Waals surface area contributed by atoms with Crippen molar-refractivity contribution < 1.29 is 19.7 Å². The molecule has 3 heterocycles. The molecule has 1 saturated heterocycles. The number of thioether (sulfide) groups is 1. The predicted molar refractivity (Wildman–Crippen MR) is 97.4 cm³/mol. The van der Waals surface area contributed by atoms with Crippen LogP contribution in [0.1, 0.15) is 32.4 Å². The number of H-pyrrole nitrogens is 1. The standard InChI is InChI=1S/C14H18N4O6S2/c1-2-5(19)12-24-11(6(25-12)3-4-7(20)21)18-9-8(26-14(18)23)10(22)17-13(15)16-9/h5-6,11-12,19H,2-4H2,1H3,(H,20,21)(H3,15,16,17,22)/t5-,6-,11+,12+/m0/s1. The van der Waals surface area contributed by atoms with Gasteiger partial charge in [-0.3, -0.25) is 23.9 Å². The van der Waals surface area contributed by atoms with Crippen LogP contribution in [0, 0.1) is 0 Å². The van der Waals surface area contributed by atoms with E-state index in [4.69, 9.17) is 15.6 Å². The third-order valence-corrected chi connectivity index (χ3v) is 6.48. The van der Waals surface area contributed by atoms with Crippen molar-refractivity contribution in [2.75, 3.05) is 5.73 Å². The SMILES string of the molecule is CC[C@H](O)[C@@H]1O[C@@H](n2c(=O)sc3c(=O)[nH]c(N)nc32)[C@H](CCC(=O)O)S1.